The number of carbonyl (C=O) groups excluding carboxylic acids is 1. The lowest BCUT2D eigenvalue weighted by atomic mass is 10.1. The highest BCUT2D eigenvalue weighted by molar-refractivity contribution is 5.82. The van der Waals surface area contributed by atoms with Gasteiger partial charge in [0.15, 0.2) is 0 Å². The summed E-state index contributed by atoms with van der Waals surface area (Å²) >= 11 is 0. The summed E-state index contributed by atoms with van der Waals surface area (Å²) in [7, 11) is 0. The van der Waals surface area contributed by atoms with E-state index in [1.165, 1.54) is 16.7 Å². The lowest BCUT2D eigenvalue weighted by Crippen LogP contribution is -2.51. The zero-order chi connectivity index (χ0) is 13.0. The highest BCUT2D eigenvalue weighted by Crippen LogP contribution is 2.10. The first kappa shape index (κ1) is 13.1. The summed E-state index contributed by atoms with van der Waals surface area (Å²) in [6.45, 7) is 6.57. The van der Waals surface area contributed by atoms with Crippen molar-refractivity contribution in [1.29, 1.82) is 0 Å². The molecule has 1 unspecified atom stereocenters. The van der Waals surface area contributed by atoms with Gasteiger partial charge in [-0.3, -0.25) is 4.79 Å². The summed E-state index contributed by atoms with van der Waals surface area (Å²) in [5, 5.41) is 6.10. The molecule has 0 aromatic heterocycles. The molecule has 0 aliphatic carbocycles. The van der Waals surface area contributed by atoms with Crippen molar-refractivity contribution in [2.24, 2.45) is 0 Å². The molecule has 1 aromatic rings. The van der Waals surface area contributed by atoms with Gasteiger partial charge in [0.05, 0.1) is 13.2 Å². The van der Waals surface area contributed by atoms with Crippen molar-refractivity contribution < 1.29 is 9.53 Å². The number of aryl methyl sites for hydroxylation is 2. The Kier molecular flexibility index (Phi) is 4.33. The molecule has 2 rings (SSSR count). The molecule has 4 heteroatoms. The molecule has 0 saturated carbocycles. The second kappa shape index (κ2) is 5.98. The fraction of sp³-hybridized carbons (Fsp3) is 0.500. The summed E-state index contributed by atoms with van der Waals surface area (Å²) in [5.74, 6) is 0.00982. The van der Waals surface area contributed by atoms with Crippen LogP contribution >= 0.6 is 0 Å². The lowest BCUT2D eigenvalue weighted by Gasteiger charge is -2.23. The highest BCUT2D eigenvalue weighted by atomic mass is 16.5. The summed E-state index contributed by atoms with van der Waals surface area (Å²) in [4.78, 5) is 11.9. The Morgan fingerprint density at radius 2 is 2.33 bits per heavy atom. The standard InChI is InChI=1S/C14H20N2O2/c1-10-3-4-11(2)12(7-10)8-16-14(17)13-9-18-6-5-15-13/h3-4,7,13,15H,5-6,8-9H2,1-2H3,(H,16,17). The van der Waals surface area contributed by atoms with Crippen LogP contribution in [0.3, 0.4) is 0 Å². The van der Waals surface area contributed by atoms with E-state index in [4.69, 9.17) is 4.74 Å². The van der Waals surface area contributed by atoms with Gasteiger partial charge in [-0.15, -0.1) is 0 Å². The van der Waals surface area contributed by atoms with Crippen molar-refractivity contribution in [2.45, 2.75) is 26.4 Å². The van der Waals surface area contributed by atoms with Crippen molar-refractivity contribution in [3.05, 3.63) is 34.9 Å². The van der Waals surface area contributed by atoms with Gasteiger partial charge in [0.2, 0.25) is 5.91 Å². The number of ether oxygens (including phenoxy) is 1. The Morgan fingerprint density at radius 1 is 1.50 bits per heavy atom. The Hall–Kier alpha value is -1.39. The third kappa shape index (κ3) is 3.31. The van der Waals surface area contributed by atoms with Crippen LogP contribution in [-0.4, -0.2) is 31.7 Å². The number of hydrogen-bond donors (Lipinski definition) is 2. The fourth-order valence-corrected chi connectivity index (χ4v) is 2.03. The maximum atomic E-state index is 11.9. The molecule has 1 atom stereocenters. The molecule has 1 saturated heterocycles. The van der Waals surface area contributed by atoms with E-state index < -0.39 is 0 Å². The molecule has 0 spiro atoms. The number of hydrogen-bond acceptors (Lipinski definition) is 3. The van der Waals surface area contributed by atoms with Gasteiger partial charge >= 0.3 is 0 Å². The summed E-state index contributed by atoms with van der Waals surface area (Å²) in [6, 6.07) is 6.06. The van der Waals surface area contributed by atoms with Gasteiger partial charge in [-0.2, -0.15) is 0 Å². The first-order valence-electron chi connectivity index (χ1n) is 6.32. The van der Waals surface area contributed by atoms with E-state index in [0.717, 1.165) is 6.54 Å². The van der Waals surface area contributed by atoms with Gasteiger partial charge in [-0.1, -0.05) is 23.8 Å². The van der Waals surface area contributed by atoms with Gasteiger partial charge in [0.25, 0.3) is 0 Å². The molecule has 4 nitrogen and oxygen atoms in total. The van der Waals surface area contributed by atoms with Crippen molar-refractivity contribution in [3.63, 3.8) is 0 Å². The smallest absolute Gasteiger partial charge is 0.239 e. The molecule has 98 valence electrons. The predicted molar refractivity (Wildman–Crippen MR) is 70.4 cm³/mol. The van der Waals surface area contributed by atoms with Crippen LogP contribution in [0, 0.1) is 13.8 Å². The molecular weight excluding hydrogens is 228 g/mol. The molecule has 0 bridgehead atoms. The van der Waals surface area contributed by atoms with Crippen molar-refractivity contribution in [3.8, 4) is 0 Å². The van der Waals surface area contributed by atoms with E-state index >= 15 is 0 Å². The maximum Gasteiger partial charge on any atom is 0.239 e. The van der Waals surface area contributed by atoms with Crippen molar-refractivity contribution in [1.82, 2.24) is 10.6 Å². The molecule has 1 fully saturated rings. The minimum Gasteiger partial charge on any atom is -0.378 e. The van der Waals surface area contributed by atoms with Crippen LogP contribution in [0.4, 0.5) is 0 Å². The summed E-state index contributed by atoms with van der Waals surface area (Å²) in [5.41, 5.74) is 3.58. The number of amides is 1. The average molecular weight is 248 g/mol. The predicted octanol–water partition coefficient (Wildman–Crippen LogP) is 0.908. The summed E-state index contributed by atoms with van der Waals surface area (Å²) in [6.07, 6.45) is 0. The molecule has 0 radical (unpaired) electrons. The third-order valence-corrected chi connectivity index (χ3v) is 3.20. The largest absolute Gasteiger partial charge is 0.378 e. The monoisotopic (exact) mass is 248 g/mol. The molecule has 2 N–H and O–H groups in total. The maximum absolute atomic E-state index is 11.9. The van der Waals surface area contributed by atoms with Crippen LogP contribution in [-0.2, 0) is 16.1 Å². The first-order valence-corrected chi connectivity index (χ1v) is 6.32. The van der Waals surface area contributed by atoms with E-state index in [0.29, 0.717) is 19.8 Å². The zero-order valence-electron chi connectivity index (χ0n) is 11.0. The second-order valence-electron chi connectivity index (χ2n) is 4.73. The van der Waals surface area contributed by atoms with E-state index in [1.54, 1.807) is 0 Å². The SMILES string of the molecule is Cc1ccc(C)c(CNC(=O)C2COCCN2)c1. The Morgan fingerprint density at radius 3 is 3.06 bits per heavy atom. The molecule has 1 aliphatic rings. The lowest BCUT2D eigenvalue weighted by molar-refractivity contribution is -0.126. The molecular formula is C14H20N2O2. The molecule has 18 heavy (non-hydrogen) atoms. The normalized spacial score (nSPS) is 19.6. The Bertz CT molecular complexity index is 426. The van der Waals surface area contributed by atoms with Crippen LogP contribution in [0.15, 0.2) is 18.2 Å². The minimum atomic E-state index is -0.219. The van der Waals surface area contributed by atoms with E-state index in [-0.39, 0.29) is 11.9 Å². The topological polar surface area (TPSA) is 50.4 Å². The molecule has 1 aliphatic heterocycles. The van der Waals surface area contributed by atoms with E-state index in [1.807, 2.05) is 0 Å². The number of morpholine rings is 1. The van der Waals surface area contributed by atoms with Crippen molar-refractivity contribution >= 4 is 5.91 Å². The highest BCUT2D eigenvalue weighted by Gasteiger charge is 2.20. The van der Waals surface area contributed by atoms with Crippen molar-refractivity contribution in [2.75, 3.05) is 19.8 Å². The number of nitrogens with one attached hydrogen (secondary N) is 2. The van der Waals surface area contributed by atoms with Crippen LogP contribution < -0.4 is 10.6 Å². The minimum absolute atomic E-state index is 0.00982. The quantitative estimate of drug-likeness (QED) is 0.836. The van der Waals surface area contributed by atoms with Gasteiger partial charge in [-0.25, -0.2) is 0 Å². The first-order chi connectivity index (χ1) is 8.66. The van der Waals surface area contributed by atoms with E-state index in [2.05, 4.69) is 42.7 Å². The number of rotatable bonds is 3. The van der Waals surface area contributed by atoms with E-state index in [9.17, 15) is 4.79 Å². The van der Waals surface area contributed by atoms with Crippen LogP contribution in [0.1, 0.15) is 16.7 Å². The zero-order valence-corrected chi connectivity index (χ0v) is 11.0. The second-order valence-corrected chi connectivity index (χ2v) is 4.73. The Balaban J connectivity index is 1.90. The van der Waals surface area contributed by atoms with Crippen LogP contribution in [0.25, 0.3) is 0 Å². The fourth-order valence-electron chi connectivity index (χ4n) is 2.03. The van der Waals surface area contributed by atoms with Gasteiger partial charge in [-0.05, 0) is 25.0 Å². The molecule has 1 aromatic carbocycles. The molecule has 1 amide bonds. The third-order valence-electron chi connectivity index (χ3n) is 3.20. The summed E-state index contributed by atoms with van der Waals surface area (Å²) < 4.78 is 5.27. The van der Waals surface area contributed by atoms with Gasteiger partial charge in [0.1, 0.15) is 6.04 Å². The van der Waals surface area contributed by atoms with Gasteiger partial charge in [0, 0.05) is 13.1 Å². The van der Waals surface area contributed by atoms with Crippen LogP contribution in [0.5, 0.6) is 0 Å². The Labute approximate surface area is 108 Å². The number of carbonyl (C=O) groups is 1. The molecule has 1 heterocycles. The average Bonchev–Trinajstić information content (AvgIpc) is 2.40. The van der Waals surface area contributed by atoms with Crippen LogP contribution in [0.2, 0.25) is 0 Å². The number of benzene rings is 1. The van der Waals surface area contributed by atoms with Gasteiger partial charge < -0.3 is 15.4 Å².